The van der Waals surface area contributed by atoms with Gasteiger partial charge in [0.15, 0.2) is 5.16 Å². The molecule has 0 aliphatic heterocycles. The van der Waals surface area contributed by atoms with Gasteiger partial charge in [0.25, 0.3) is 0 Å². The van der Waals surface area contributed by atoms with Crippen LogP contribution in [0.2, 0.25) is 0 Å². The largest absolute Gasteiger partial charge is 0.490 e. The summed E-state index contributed by atoms with van der Waals surface area (Å²) in [5.74, 6) is 0.677. The number of hydrogen-bond acceptors (Lipinski definition) is 6. The van der Waals surface area contributed by atoms with E-state index >= 15 is 0 Å². The van der Waals surface area contributed by atoms with Gasteiger partial charge in [0.05, 0.1) is 23.7 Å². The molecule has 0 fully saturated rings. The van der Waals surface area contributed by atoms with Crippen molar-refractivity contribution >= 4 is 28.8 Å². The third-order valence-electron chi connectivity index (χ3n) is 4.24. The highest BCUT2D eigenvalue weighted by Gasteiger charge is 2.16. The van der Waals surface area contributed by atoms with Crippen molar-refractivity contribution in [1.29, 1.82) is 0 Å². The SMILES string of the molecule is CC(C)COC(=O)c1ccccc1OCC(O)CSc1nc2ccccc2n1C. The number of imidazole rings is 1. The average Bonchev–Trinajstić information content (AvgIpc) is 3.05. The Balaban J connectivity index is 1.56. The summed E-state index contributed by atoms with van der Waals surface area (Å²) in [5, 5.41) is 11.2. The van der Waals surface area contributed by atoms with Crippen LogP contribution >= 0.6 is 11.8 Å². The van der Waals surface area contributed by atoms with Crippen molar-refractivity contribution in [2.24, 2.45) is 13.0 Å². The Kier molecular flexibility index (Phi) is 7.17. The molecule has 3 aromatic rings. The summed E-state index contributed by atoms with van der Waals surface area (Å²) in [6, 6.07) is 14.8. The van der Waals surface area contributed by atoms with Gasteiger partial charge in [-0.1, -0.05) is 49.9 Å². The van der Waals surface area contributed by atoms with Crippen molar-refractivity contribution in [3.8, 4) is 5.75 Å². The Labute approximate surface area is 174 Å². The first-order valence-corrected chi connectivity index (χ1v) is 10.6. The highest BCUT2D eigenvalue weighted by Crippen LogP contribution is 2.24. The van der Waals surface area contributed by atoms with Crippen LogP contribution in [0.3, 0.4) is 0 Å². The second-order valence-corrected chi connectivity index (χ2v) is 8.19. The number of esters is 1. The summed E-state index contributed by atoms with van der Waals surface area (Å²) in [4.78, 5) is 16.9. The second kappa shape index (κ2) is 9.80. The zero-order chi connectivity index (χ0) is 20.8. The predicted octanol–water partition coefficient (Wildman–Crippen LogP) is 3.92. The number of carbonyl (C=O) groups excluding carboxylic acids is 1. The number of aliphatic hydroxyl groups is 1. The quantitative estimate of drug-likeness (QED) is 0.423. The first-order valence-electron chi connectivity index (χ1n) is 9.57. The van der Waals surface area contributed by atoms with Gasteiger partial charge in [-0.3, -0.25) is 0 Å². The summed E-state index contributed by atoms with van der Waals surface area (Å²) < 4.78 is 13.0. The van der Waals surface area contributed by atoms with Gasteiger partial charge in [-0.15, -0.1) is 0 Å². The molecule has 0 aliphatic carbocycles. The topological polar surface area (TPSA) is 73.6 Å². The van der Waals surface area contributed by atoms with E-state index < -0.39 is 12.1 Å². The van der Waals surface area contributed by atoms with Gasteiger partial charge in [-0.05, 0) is 30.2 Å². The number of para-hydroxylation sites is 3. The molecule has 1 unspecified atom stereocenters. The van der Waals surface area contributed by atoms with Crippen molar-refractivity contribution in [2.75, 3.05) is 19.0 Å². The monoisotopic (exact) mass is 414 g/mol. The van der Waals surface area contributed by atoms with Gasteiger partial charge in [-0.25, -0.2) is 9.78 Å². The standard InChI is InChI=1S/C22H26N2O4S/c1-15(2)12-28-21(26)17-8-4-7-11-20(17)27-13-16(25)14-29-22-23-18-9-5-6-10-19(18)24(22)3/h4-11,15-16,25H,12-14H2,1-3H3. The summed E-state index contributed by atoms with van der Waals surface area (Å²) in [6.45, 7) is 4.39. The molecule has 0 aliphatic rings. The number of carbonyl (C=O) groups is 1. The molecule has 3 rings (SSSR count). The average molecular weight is 415 g/mol. The molecular weight excluding hydrogens is 388 g/mol. The Bertz CT molecular complexity index is 970. The van der Waals surface area contributed by atoms with E-state index in [0.29, 0.717) is 23.7 Å². The van der Waals surface area contributed by atoms with Gasteiger partial charge in [0.2, 0.25) is 0 Å². The van der Waals surface area contributed by atoms with E-state index in [9.17, 15) is 9.90 Å². The molecule has 0 bridgehead atoms. The third-order valence-corrected chi connectivity index (χ3v) is 5.41. The molecule has 29 heavy (non-hydrogen) atoms. The lowest BCUT2D eigenvalue weighted by Gasteiger charge is -2.15. The fourth-order valence-electron chi connectivity index (χ4n) is 2.74. The van der Waals surface area contributed by atoms with Crippen LogP contribution in [0.1, 0.15) is 24.2 Å². The molecule has 0 saturated carbocycles. The van der Waals surface area contributed by atoms with E-state index in [1.54, 1.807) is 24.3 Å². The van der Waals surface area contributed by atoms with Crippen molar-refractivity contribution in [1.82, 2.24) is 9.55 Å². The van der Waals surface area contributed by atoms with Gasteiger partial charge < -0.3 is 19.1 Å². The third kappa shape index (κ3) is 5.52. The Morgan fingerprint density at radius 3 is 2.62 bits per heavy atom. The summed E-state index contributed by atoms with van der Waals surface area (Å²) in [6.07, 6.45) is -0.709. The van der Waals surface area contributed by atoms with Gasteiger partial charge in [-0.2, -0.15) is 0 Å². The predicted molar refractivity (Wildman–Crippen MR) is 115 cm³/mol. The first-order chi connectivity index (χ1) is 14.0. The summed E-state index contributed by atoms with van der Waals surface area (Å²) in [5.41, 5.74) is 2.34. The minimum absolute atomic E-state index is 0.0748. The van der Waals surface area contributed by atoms with Crippen molar-refractivity contribution in [2.45, 2.75) is 25.1 Å². The van der Waals surface area contributed by atoms with Crippen LogP contribution in [0, 0.1) is 5.92 Å². The van der Waals surface area contributed by atoms with Crippen LogP contribution < -0.4 is 4.74 Å². The molecule has 7 heteroatoms. The van der Waals surface area contributed by atoms with Gasteiger partial charge >= 0.3 is 5.97 Å². The fourth-order valence-corrected chi connectivity index (χ4v) is 3.63. The minimum atomic E-state index is -0.709. The van der Waals surface area contributed by atoms with E-state index in [1.165, 1.54) is 11.8 Å². The Morgan fingerprint density at radius 1 is 1.14 bits per heavy atom. The Hall–Kier alpha value is -2.51. The maximum atomic E-state index is 12.3. The molecule has 0 spiro atoms. The lowest BCUT2D eigenvalue weighted by atomic mass is 10.2. The fraction of sp³-hybridized carbons (Fsp3) is 0.364. The van der Waals surface area contributed by atoms with Gasteiger partial charge in [0.1, 0.15) is 17.9 Å². The lowest BCUT2D eigenvalue weighted by molar-refractivity contribution is 0.0450. The van der Waals surface area contributed by atoms with Crippen LogP contribution in [-0.2, 0) is 11.8 Å². The molecule has 1 N–H and O–H groups in total. The lowest BCUT2D eigenvalue weighted by Crippen LogP contribution is -2.21. The van der Waals surface area contributed by atoms with E-state index in [-0.39, 0.29) is 12.5 Å². The zero-order valence-corrected chi connectivity index (χ0v) is 17.7. The number of aryl methyl sites for hydroxylation is 1. The molecule has 0 amide bonds. The van der Waals surface area contributed by atoms with E-state index in [1.807, 2.05) is 49.7 Å². The molecule has 2 aromatic carbocycles. The number of thioether (sulfide) groups is 1. The number of aliphatic hydroxyl groups excluding tert-OH is 1. The van der Waals surface area contributed by atoms with E-state index in [2.05, 4.69) is 4.98 Å². The molecule has 6 nitrogen and oxygen atoms in total. The van der Waals surface area contributed by atoms with Crippen LogP contribution in [-0.4, -0.2) is 45.7 Å². The number of hydrogen-bond donors (Lipinski definition) is 1. The maximum Gasteiger partial charge on any atom is 0.341 e. The van der Waals surface area contributed by atoms with Crippen LogP contribution in [0.15, 0.2) is 53.7 Å². The second-order valence-electron chi connectivity index (χ2n) is 7.21. The molecule has 1 atom stereocenters. The molecule has 0 radical (unpaired) electrons. The number of aromatic nitrogens is 2. The number of fused-ring (bicyclic) bond motifs is 1. The highest BCUT2D eigenvalue weighted by molar-refractivity contribution is 7.99. The first kappa shape index (κ1) is 21.2. The van der Waals surface area contributed by atoms with E-state index in [4.69, 9.17) is 9.47 Å². The van der Waals surface area contributed by atoms with Crippen LogP contribution in [0.25, 0.3) is 11.0 Å². The molecule has 1 aromatic heterocycles. The number of ether oxygens (including phenoxy) is 2. The van der Waals surface area contributed by atoms with Crippen molar-refractivity contribution < 1.29 is 19.4 Å². The maximum absolute atomic E-state index is 12.3. The molecular formula is C22H26N2O4S. The zero-order valence-electron chi connectivity index (χ0n) is 16.9. The van der Waals surface area contributed by atoms with Crippen molar-refractivity contribution in [3.63, 3.8) is 0 Å². The van der Waals surface area contributed by atoms with Crippen molar-refractivity contribution in [3.05, 3.63) is 54.1 Å². The number of benzene rings is 2. The summed E-state index contributed by atoms with van der Waals surface area (Å²) in [7, 11) is 1.96. The number of nitrogens with zero attached hydrogens (tertiary/aromatic N) is 2. The van der Waals surface area contributed by atoms with Crippen LogP contribution in [0.4, 0.5) is 0 Å². The molecule has 1 heterocycles. The van der Waals surface area contributed by atoms with Gasteiger partial charge in [0, 0.05) is 12.8 Å². The van der Waals surface area contributed by atoms with Crippen LogP contribution in [0.5, 0.6) is 5.75 Å². The molecule has 154 valence electrons. The molecule has 0 saturated heterocycles. The smallest absolute Gasteiger partial charge is 0.341 e. The highest BCUT2D eigenvalue weighted by atomic mass is 32.2. The number of rotatable bonds is 9. The summed E-state index contributed by atoms with van der Waals surface area (Å²) >= 11 is 1.47. The normalized spacial score (nSPS) is 12.3. The Morgan fingerprint density at radius 2 is 1.86 bits per heavy atom. The minimum Gasteiger partial charge on any atom is -0.490 e. The van der Waals surface area contributed by atoms with E-state index in [0.717, 1.165) is 16.2 Å².